The lowest BCUT2D eigenvalue weighted by Crippen LogP contribution is -2.27. The number of carbonyl (C=O) groups is 1. The zero-order valence-electron chi connectivity index (χ0n) is 17.9. The maximum Gasteiger partial charge on any atom is 0.255 e. The van der Waals surface area contributed by atoms with E-state index < -0.39 is 0 Å². The van der Waals surface area contributed by atoms with Gasteiger partial charge in [0, 0.05) is 18.3 Å². The third-order valence-corrected chi connectivity index (χ3v) is 4.70. The minimum atomic E-state index is -0.152. The van der Waals surface area contributed by atoms with Crippen LogP contribution in [0.2, 0.25) is 0 Å². The normalized spacial score (nSPS) is 10.8. The van der Waals surface area contributed by atoms with E-state index in [1.807, 2.05) is 62.6 Å². The third-order valence-electron chi connectivity index (χ3n) is 4.70. The second-order valence-electron chi connectivity index (χ2n) is 7.15. The molecule has 0 aliphatic heterocycles. The van der Waals surface area contributed by atoms with Gasteiger partial charge in [-0.1, -0.05) is 18.2 Å². The van der Waals surface area contributed by atoms with Crippen LogP contribution >= 0.6 is 0 Å². The van der Waals surface area contributed by atoms with E-state index in [4.69, 9.17) is 14.6 Å². The zero-order valence-corrected chi connectivity index (χ0v) is 17.9. The molecule has 1 N–H and O–H groups in total. The number of nitrogens with zero attached hydrogens (tertiary/aromatic N) is 3. The predicted octanol–water partition coefficient (Wildman–Crippen LogP) is 3.24. The van der Waals surface area contributed by atoms with Crippen LogP contribution in [0.25, 0.3) is 16.9 Å². The number of benzene rings is 2. The van der Waals surface area contributed by atoms with Crippen molar-refractivity contribution in [3.8, 4) is 28.4 Å². The molecular formula is C23H28N4O3. The highest BCUT2D eigenvalue weighted by Crippen LogP contribution is 2.33. The fraction of sp³-hybridized carbons (Fsp3) is 0.304. The van der Waals surface area contributed by atoms with Crippen LogP contribution in [0.4, 0.5) is 0 Å². The van der Waals surface area contributed by atoms with Crippen molar-refractivity contribution < 1.29 is 14.3 Å². The molecular weight excluding hydrogens is 380 g/mol. The highest BCUT2D eigenvalue weighted by atomic mass is 16.5. The molecule has 7 nitrogen and oxygen atoms in total. The second-order valence-corrected chi connectivity index (χ2v) is 7.15. The number of amides is 1. The molecule has 0 saturated carbocycles. The Labute approximate surface area is 177 Å². The third kappa shape index (κ3) is 4.99. The Balaban J connectivity index is 1.96. The number of hydrogen-bond acceptors (Lipinski definition) is 5. The molecule has 0 aliphatic rings. The topological polar surface area (TPSA) is 68.6 Å². The Bertz CT molecular complexity index is 983. The summed E-state index contributed by atoms with van der Waals surface area (Å²) in [5.74, 6) is 1.06. The number of carbonyl (C=O) groups excluding carboxylic acids is 1. The molecule has 3 aromatic rings. The number of ether oxygens (including phenoxy) is 2. The van der Waals surface area contributed by atoms with Crippen LogP contribution in [0.3, 0.4) is 0 Å². The number of rotatable bonds is 9. The second kappa shape index (κ2) is 9.93. The van der Waals surface area contributed by atoms with Crippen LogP contribution in [0.15, 0.2) is 54.7 Å². The molecule has 7 heteroatoms. The number of nitrogens with one attached hydrogen (secondary N) is 1. The molecule has 1 amide bonds. The summed E-state index contributed by atoms with van der Waals surface area (Å²) in [6.45, 7) is 1.50. The lowest BCUT2D eigenvalue weighted by atomic mass is 10.1. The summed E-state index contributed by atoms with van der Waals surface area (Å²) in [7, 11) is 7.21. The lowest BCUT2D eigenvalue weighted by molar-refractivity contribution is 0.0953. The predicted molar refractivity (Wildman–Crippen MR) is 118 cm³/mol. The van der Waals surface area contributed by atoms with Gasteiger partial charge in [-0.15, -0.1) is 0 Å². The van der Waals surface area contributed by atoms with Gasteiger partial charge in [-0.2, -0.15) is 5.10 Å². The Morgan fingerprint density at radius 3 is 2.47 bits per heavy atom. The van der Waals surface area contributed by atoms with Gasteiger partial charge in [0.15, 0.2) is 11.5 Å². The molecule has 2 aromatic carbocycles. The van der Waals surface area contributed by atoms with Crippen molar-refractivity contribution in [3.05, 3.63) is 60.3 Å². The van der Waals surface area contributed by atoms with E-state index in [1.54, 1.807) is 25.1 Å². The van der Waals surface area contributed by atoms with Crippen molar-refractivity contribution in [1.29, 1.82) is 0 Å². The summed E-state index contributed by atoms with van der Waals surface area (Å²) in [6, 6.07) is 15.2. The summed E-state index contributed by atoms with van der Waals surface area (Å²) in [4.78, 5) is 15.1. The Hall–Kier alpha value is -3.32. The molecule has 0 unspecified atom stereocenters. The van der Waals surface area contributed by atoms with Gasteiger partial charge in [0.05, 0.1) is 25.5 Å². The molecule has 3 rings (SSSR count). The van der Waals surface area contributed by atoms with E-state index in [9.17, 15) is 4.79 Å². The summed E-state index contributed by atoms with van der Waals surface area (Å²) >= 11 is 0. The van der Waals surface area contributed by atoms with Crippen LogP contribution < -0.4 is 14.8 Å². The molecule has 0 aliphatic carbocycles. The van der Waals surface area contributed by atoms with Gasteiger partial charge < -0.3 is 19.7 Å². The lowest BCUT2D eigenvalue weighted by Gasteiger charge is -2.11. The fourth-order valence-corrected chi connectivity index (χ4v) is 3.14. The van der Waals surface area contributed by atoms with Crippen LogP contribution in [-0.4, -0.2) is 62.0 Å². The summed E-state index contributed by atoms with van der Waals surface area (Å²) in [5, 5.41) is 7.72. The molecule has 158 valence electrons. The summed E-state index contributed by atoms with van der Waals surface area (Å²) in [5.41, 5.74) is 2.76. The molecule has 0 radical (unpaired) electrons. The van der Waals surface area contributed by atoms with Gasteiger partial charge in [-0.3, -0.25) is 4.79 Å². The smallest absolute Gasteiger partial charge is 0.255 e. The van der Waals surface area contributed by atoms with Gasteiger partial charge in [0.2, 0.25) is 0 Å². The molecule has 0 bridgehead atoms. The average molecular weight is 409 g/mol. The van der Waals surface area contributed by atoms with Crippen molar-refractivity contribution >= 4 is 5.91 Å². The zero-order chi connectivity index (χ0) is 21.5. The van der Waals surface area contributed by atoms with Crippen LogP contribution in [0.1, 0.15) is 16.8 Å². The summed E-state index contributed by atoms with van der Waals surface area (Å²) in [6.07, 6.45) is 2.64. The summed E-state index contributed by atoms with van der Waals surface area (Å²) < 4.78 is 12.5. The Kier molecular flexibility index (Phi) is 7.08. The van der Waals surface area contributed by atoms with E-state index >= 15 is 0 Å². The van der Waals surface area contributed by atoms with Crippen molar-refractivity contribution in [2.24, 2.45) is 0 Å². The van der Waals surface area contributed by atoms with E-state index in [0.29, 0.717) is 29.3 Å². The van der Waals surface area contributed by atoms with Crippen molar-refractivity contribution in [3.63, 3.8) is 0 Å². The first-order chi connectivity index (χ1) is 14.5. The first kappa shape index (κ1) is 21.4. The van der Waals surface area contributed by atoms with Gasteiger partial charge >= 0.3 is 0 Å². The first-order valence-electron chi connectivity index (χ1n) is 9.84. The molecule has 30 heavy (non-hydrogen) atoms. The average Bonchev–Trinajstić information content (AvgIpc) is 3.22. The van der Waals surface area contributed by atoms with Gasteiger partial charge in [-0.05, 0) is 57.4 Å². The van der Waals surface area contributed by atoms with E-state index in [-0.39, 0.29) is 5.91 Å². The number of aromatic nitrogens is 2. The Morgan fingerprint density at radius 1 is 1.07 bits per heavy atom. The first-order valence-corrected chi connectivity index (χ1v) is 9.84. The monoisotopic (exact) mass is 408 g/mol. The van der Waals surface area contributed by atoms with Gasteiger partial charge in [0.25, 0.3) is 5.91 Å². The van der Waals surface area contributed by atoms with Crippen molar-refractivity contribution in [1.82, 2.24) is 20.0 Å². The minimum Gasteiger partial charge on any atom is -0.493 e. The van der Waals surface area contributed by atoms with Crippen LogP contribution in [0, 0.1) is 0 Å². The standard InChI is InChI=1S/C23H28N4O3/c1-26(2)14-8-13-24-23(28)19-16-27(18-9-6-5-7-10-18)25-22(19)17-11-12-20(29-3)21(15-17)30-4/h5-7,9-12,15-16H,8,13-14H2,1-4H3,(H,24,28). The van der Waals surface area contributed by atoms with Crippen LogP contribution in [-0.2, 0) is 0 Å². The number of hydrogen-bond donors (Lipinski definition) is 1. The highest BCUT2D eigenvalue weighted by Gasteiger charge is 2.20. The van der Waals surface area contributed by atoms with Gasteiger partial charge in [-0.25, -0.2) is 4.68 Å². The maximum atomic E-state index is 13.0. The van der Waals surface area contributed by atoms with Crippen molar-refractivity contribution in [2.45, 2.75) is 6.42 Å². The quantitative estimate of drug-likeness (QED) is 0.551. The maximum absolute atomic E-state index is 13.0. The Morgan fingerprint density at radius 2 is 1.80 bits per heavy atom. The van der Waals surface area contributed by atoms with E-state index in [0.717, 1.165) is 24.2 Å². The molecule has 1 heterocycles. The van der Waals surface area contributed by atoms with E-state index in [1.165, 1.54) is 0 Å². The SMILES string of the molecule is COc1ccc(-c2nn(-c3ccccc3)cc2C(=O)NCCCN(C)C)cc1OC. The number of para-hydroxylation sites is 1. The highest BCUT2D eigenvalue weighted by molar-refractivity contribution is 6.00. The fourth-order valence-electron chi connectivity index (χ4n) is 3.14. The number of methoxy groups -OCH3 is 2. The van der Waals surface area contributed by atoms with Crippen molar-refractivity contribution in [2.75, 3.05) is 41.4 Å². The van der Waals surface area contributed by atoms with Gasteiger partial charge in [0.1, 0.15) is 5.69 Å². The largest absolute Gasteiger partial charge is 0.493 e. The van der Waals surface area contributed by atoms with E-state index in [2.05, 4.69) is 10.2 Å². The minimum absolute atomic E-state index is 0.152. The van der Waals surface area contributed by atoms with Crippen LogP contribution in [0.5, 0.6) is 11.5 Å². The molecule has 0 atom stereocenters. The molecule has 0 spiro atoms. The molecule has 1 aromatic heterocycles. The molecule has 0 fully saturated rings. The molecule has 0 saturated heterocycles.